The van der Waals surface area contributed by atoms with Crippen LogP contribution in [-0.2, 0) is 9.47 Å². The number of hydrogen-bond acceptors (Lipinski definition) is 3. The summed E-state index contributed by atoms with van der Waals surface area (Å²) in [6, 6.07) is 0.715. The van der Waals surface area contributed by atoms with Gasteiger partial charge in [0, 0.05) is 12.6 Å². The molecule has 1 heterocycles. The van der Waals surface area contributed by atoms with Crippen molar-refractivity contribution in [1.29, 1.82) is 0 Å². The molecule has 2 rings (SSSR count). The van der Waals surface area contributed by atoms with Crippen molar-refractivity contribution in [3.63, 3.8) is 0 Å². The molecule has 15 heavy (non-hydrogen) atoms. The standard InChI is InChI=1S/C12H23NO2/c1-13-10-4-6-11(7-5-10)15-9-12-3-2-8-14-12/h10-13H,2-9H2,1H3. The number of nitrogens with one attached hydrogen (secondary N) is 1. The molecule has 0 aromatic rings. The third kappa shape index (κ3) is 3.44. The smallest absolute Gasteiger partial charge is 0.0809 e. The number of hydrogen-bond donors (Lipinski definition) is 1. The molecule has 3 heteroatoms. The number of rotatable bonds is 4. The first-order chi connectivity index (χ1) is 7.38. The van der Waals surface area contributed by atoms with Gasteiger partial charge in [0.05, 0.1) is 18.8 Å². The molecule has 0 amide bonds. The molecular formula is C12H23NO2. The molecule has 1 aliphatic heterocycles. The van der Waals surface area contributed by atoms with Crippen molar-refractivity contribution in [2.75, 3.05) is 20.3 Å². The van der Waals surface area contributed by atoms with E-state index in [0.29, 0.717) is 18.2 Å². The van der Waals surface area contributed by atoms with Crippen LogP contribution in [0.3, 0.4) is 0 Å². The van der Waals surface area contributed by atoms with E-state index in [9.17, 15) is 0 Å². The SMILES string of the molecule is CNC1CCC(OCC2CCCO2)CC1. The molecule has 2 aliphatic rings. The minimum absolute atomic E-state index is 0.382. The van der Waals surface area contributed by atoms with E-state index in [1.165, 1.54) is 38.5 Å². The first-order valence-electron chi connectivity index (χ1n) is 6.29. The average Bonchev–Trinajstić information content (AvgIpc) is 2.80. The molecule has 0 radical (unpaired) electrons. The van der Waals surface area contributed by atoms with Crippen molar-refractivity contribution in [2.24, 2.45) is 0 Å². The third-order valence-corrected chi connectivity index (χ3v) is 3.62. The fraction of sp³-hybridized carbons (Fsp3) is 1.00. The summed E-state index contributed by atoms with van der Waals surface area (Å²) in [6.07, 6.45) is 8.19. The zero-order valence-corrected chi connectivity index (χ0v) is 9.71. The lowest BCUT2D eigenvalue weighted by Crippen LogP contribution is -2.34. The molecule has 0 aromatic heterocycles. The summed E-state index contributed by atoms with van der Waals surface area (Å²) in [5.41, 5.74) is 0. The maximum atomic E-state index is 5.91. The molecule has 0 bridgehead atoms. The third-order valence-electron chi connectivity index (χ3n) is 3.62. The van der Waals surface area contributed by atoms with Crippen molar-refractivity contribution >= 4 is 0 Å². The Morgan fingerprint density at radius 3 is 2.60 bits per heavy atom. The van der Waals surface area contributed by atoms with Gasteiger partial charge in [-0.15, -0.1) is 0 Å². The highest BCUT2D eigenvalue weighted by atomic mass is 16.5. The molecule has 0 spiro atoms. The zero-order valence-electron chi connectivity index (χ0n) is 9.71. The molecular weight excluding hydrogens is 190 g/mol. The van der Waals surface area contributed by atoms with E-state index >= 15 is 0 Å². The number of ether oxygens (including phenoxy) is 2. The van der Waals surface area contributed by atoms with E-state index in [-0.39, 0.29) is 0 Å². The maximum absolute atomic E-state index is 5.91. The molecule has 1 saturated carbocycles. The van der Waals surface area contributed by atoms with E-state index in [0.717, 1.165) is 13.2 Å². The lowest BCUT2D eigenvalue weighted by atomic mass is 9.93. The summed E-state index contributed by atoms with van der Waals surface area (Å²) >= 11 is 0. The summed E-state index contributed by atoms with van der Waals surface area (Å²) in [5, 5.41) is 3.34. The van der Waals surface area contributed by atoms with Gasteiger partial charge in [0.25, 0.3) is 0 Å². The van der Waals surface area contributed by atoms with Crippen molar-refractivity contribution in [3.05, 3.63) is 0 Å². The molecule has 1 saturated heterocycles. The van der Waals surface area contributed by atoms with Crippen molar-refractivity contribution in [1.82, 2.24) is 5.32 Å². The van der Waals surface area contributed by atoms with Crippen LogP contribution >= 0.6 is 0 Å². The summed E-state index contributed by atoms with van der Waals surface area (Å²) in [6.45, 7) is 1.75. The largest absolute Gasteiger partial charge is 0.376 e. The predicted octanol–water partition coefficient (Wildman–Crippen LogP) is 1.71. The summed E-state index contributed by atoms with van der Waals surface area (Å²) in [4.78, 5) is 0. The molecule has 2 fully saturated rings. The van der Waals surface area contributed by atoms with Gasteiger partial charge in [0.15, 0.2) is 0 Å². The highest BCUT2D eigenvalue weighted by molar-refractivity contribution is 4.77. The molecule has 88 valence electrons. The molecule has 3 nitrogen and oxygen atoms in total. The van der Waals surface area contributed by atoms with Crippen LogP contribution in [0.1, 0.15) is 38.5 Å². The Morgan fingerprint density at radius 2 is 2.00 bits per heavy atom. The molecule has 1 N–H and O–H groups in total. The Kier molecular flexibility index (Phi) is 4.42. The minimum Gasteiger partial charge on any atom is -0.376 e. The molecule has 1 unspecified atom stereocenters. The summed E-state index contributed by atoms with van der Waals surface area (Å²) < 4.78 is 11.5. The van der Waals surface area contributed by atoms with Crippen LogP contribution in [0.25, 0.3) is 0 Å². The Bertz CT molecular complexity index is 172. The van der Waals surface area contributed by atoms with Crippen LogP contribution in [0.15, 0.2) is 0 Å². The lowest BCUT2D eigenvalue weighted by Gasteiger charge is -2.28. The van der Waals surface area contributed by atoms with Crippen molar-refractivity contribution in [3.8, 4) is 0 Å². The Morgan fingerprint density at radius 1 is 1.20 bits per heavy atom. The van der Waals surface area contributed by atoms with Crippen LogP contribution < -0.4 is 5.32 Å². The van der Waals surface area contributed by atoms with Gasteiger partial charge < -0.3 is 14.8 Å². The lowest BCUT2D eigenvalue weighted by molar-refractivity contribution is -0.0349. The van der Waals surface area contributed by atoms with Gasteiger partial charge in [-0.25, -0.2) is 0 Å². The van der Waals surface area contributed by atoms with E-state index < -0.39 is 0 Å². The quantitative estimate of drug-likeness (QED) is 0.771. The predicted molar refractivity (Wildman–Crippen MR) is 60.0 cm³/mol. The average molecular weight is 213 g/mol. The van der Waals surface area contributed by atoms with Gasteiger partial charge in [-0.1, -0.05) is 0 Å². The van der Waals surface area contributed by atoms with Gasteiger partial charge in [-0.3, -0.25) is 0 Å². The molecule has 0 aromatic carbocycles. The Hall–Kier alpha value is -0.120. The van der Waals surface area contributed by atoms with Gasteiger partial charge >= 0.3 is 0 Å². The second-order valence-electron chi connectivity index (χ2n) is 4.73. The van der Waals surface area contributed by atoms with E-state index in [1.54, 1.807) is 0 Å². The highest BCUT2D eigenvalue weighted by Crippen LogP contribution is 2.22. The normalized spacial score (nSPS) is 37.0. The fourth-order valence-corrected chi connectivity index (χ4v) is 2.54. The second-order valence-corrected chi connectivity index (χ2v) is 4.73. The summed E-state index contributed by atoms with van der Waals surface area (Å²) in [7, 11) is 2.05. The van der Waals surface area contributed by atoms with Gasteiger partial charge in [0.2, 0.25) is 0 Å². The maximum Gasteiger partial charge on any atom is 0.0809 e. The minimum atomic E-state index is 0.382. The highest BCUT2D eigenvalue weighted by Gasteiger charge is 2.22. The van der Waals surface area contributed by atoms with Gasteiger partial charge in [-0.05, 0) is 45.6 Å². The first-order valence-corrected chi connectivity index (χ1v) is 6.29. The topological polar surface area (TPSA) is 30.5 Å². The summed E-state index contributed by atoms with van der Waals surface area (Å²) in [5.74, 6) is 0. The van der Waals surface area contributed by atoms with Crippen LogP contribution in [0.2, 0.25) is 0 Å². The Labute approximate surface area is 92.5 Å². The van der Waals surface area contributed by atoms with Crippen LogP contribution in [0.5, 0.6) is 0 Å². The van der Waals surface area contributed by atoms with Crippen LogP contribution in [0.4, 0.5) is 0 Å². The Balaban J connectivity index is 1.59. The zero-order chi connectivity index (χ0) is 10.5. The van der Waals surface area contributed by atoms with Gasteiger partial charge in [-0.2, -0.15) is 0 Å². The fourth-order valence-electron chi connectivity index (χ4n) is 2.54. The van der Waals surface area contributed by atoms with E-state index in [4.69, 9.17) is 9.47 Å². The molecule has 1 atom stereocenters. The monoisotopic (exact) mass is 213 g/mol. The van der Waals surface area contributed by atoms with Crippen LogP contribution in [0, 0.1) is 0 Å². The second kappa shape index (κ2) is 5.83. The van der Waals surface area contributed by atoms with E-state index in [1.807, 2.05) is 0 Å². The van der Waals surface area contributed by atoms with Gasteiger partial charge in [0.1, 0.15) is 0 Å². The molecule has 1 aliphatic carbocycles. The first kappa shape index (κ1) is 11.4. The van der Waals surface area contributed by atoms with E-state index in [2.05, 4.69) is 12.4 Å². The van der Waals surface area contributed by atoms with Crippen molar-refractivity contribution < 1.29 is 9.47 Å². The van der Waals surface area contributed by atoms with Crippen LogP contribution in [-0.4, -0.2) is 38.5 Å². The van der Waals surface area contributed by atoms with Crippen molar-refractivity contribution in [2.45, 2.75) is 56.8 Å².